The quantitative estimate of drug-likeness (QED) is 0.610. The topological polar surface area (TPSA) is 39.2 Å². The van der Waals surface area contributed by atoms with E-state index in [1.807, 2.05) is 6.07 Å². The molecule has 0 aliphatic carbocycles. The highest BCUT2D eigenvalue weighted by atomic mass is 79.9. The highest BCUT2D eigenvalue weighted by Crippen LogP contribution is 2.24. The van der Waals surface area contributed by atoms with E-state index in [2.05, 4.69) is 20.9 Å². The molecule has 14 heavy (non-hydrogen) atoms. The number of pyridine rings is 1. The van der Waals surface area contributed by atoms with Crippen molar-refractivity contribution in [2.45, 2.75) is 10.1 Å². The lowest BCUT2D eigenvalue weighted by molar-refractivity contribution is -0.108. The number of thioether (sulfide) groups is 1. The second-order valence-electron chi connectivity index (χ2n) is 2.59. The summed E-state index contributed by atoms with van der Waals surface area (Å²) in [7, 11) is 1.58. The van der Waals surface area contributed by atoms with Crippen LogP contribution in [0.5, 0.6) is 0 Å². The number of methoxy groups -OCH3 is 1. The van der Waals surface area contributed by atoms with Crippen LogP contribution in [0, 0.1) is 0 Å². The van der Waals surface area contributed by atoms with Gasteiger partial charge in [0.05, 0.1) is 11.9 Å². The fourth-order valence-electron chi connectivity index (χ4n) is 0.897. The Morgan fingerprint density at radius 2 is 2.50 bits per heavy atom. The van der Waals surface area contributed by atoms with E-state index in [-0.39, 0.29) is 5.25 Å². The van der Waals surface area contributed by atoms with Crippen molar-refractivity contribution in [2.75, 3.05) is 13.7 Å². The van der Waals surface area contributed by atoms with Gasteiger partial charge in [0.15, 0.2) is 0 Å². The van der Waals surface area contributed by atoms with E-state index in [0.29, 0.717) is 6.61 Å². The molecular weight excluding hydrogens is 266 g/mol. The molecule has 0 saturated heterocycles. The molecule has 0 spiro atoms. The second-order valence-corrected chi connectivity index (χ2v) is 4.81. The molecule has 1 heterocycles. The van der Waals surface area contributed by atoms with Crippen molar-refractivity contribution in [1.29, 1.82) is 0 Å². The molecule has 0 fully saturated rings. The van der Waals surface area contributed by atoms with E-state index in [4.69, 9.17) is 4.74 Å². The highest BCUT2D eigenvalue weighted by Gasteiger charge is 2.08. The first-order valence-corrected chi connectivity index (χ1v) is 5.65. The smallest absolute Gasteiger partial charge is 0.135 e. The van der Waals surface area contributed by atoms with E-state index in [9.17, 15) is 4.79 Å². The summed E-state index contributed by atoms with van der Waals surface area (Å²) in [6.07, 6.45) is 4.31. The summed E-state index contributed by atoms with van der Waals surface area (Å²) in [5.74, 6) is 0. The van der Waals surface area contributed by atoms with Gasteiger partial charge in [0.1, 0.15) is 6.29 Å². The molecule has 1 rings (SSSR count). The monoisotopic (exact) mass is 275 g/mol. The second kappa shape index (κ2) is 6.16. The third kappa shape index (κ3) is 3.77. The molecule has 0 N–H and O–H groups in total. The largest absolute Gasteiger partial charge is 0.383 e. The van der Waals surface area contributed by atoms with Crippen LogP contribution < -0.4 is 0 Å². The Kier molecular flexibility index (Phi) is 5.14. The van der Waals surface area contributed by atoms with Crippen molar-refractivity contribution >= 4 is 34.0 Å². The lowest BCUT2D eigenvalue weighted by Gasteiger charge is -2.07. The Morgan fingerprint density at radius 3 is 3.07 bits per heavy atom. The van der Waals surface area contributed by atoms with Gasteiger partial charge in [-0.1, -0.05) is 0 Å². The van der Waals surface area contributed by atoms with E-state index in [1.165, 1.54) is 11.8 Å². The predicted octanol–water partition coefficient (Wildman–Crippen LogP) is 2.15. The average molecular weight is 276 g/mol. The molecule has 1 atom stereocenters. The first-order valence-electron chi connectivity index (χ1n) is 3.97. The lowest BCUT2D eigenvalue weighted by Crippen LogP contribution is -2.11. The zero-order chi connectivity index (χ0) is 10.4. The van der Waals surface area contributed by atoms with E-state index in [0.717, 1.165) is 15.7 Å². The lowest BCUT2D eigenvalue weighted by atomic mass is 10.5. The molecule has 1 aromatic rings. The van der Waals surface area contributed by atoms with Gasteiger partial charge in [-0.15, -0.1) is 11.8 Å². The van der Waals surface area contributed by atoms with Crippen LogP contribution in [-0.2, 0) is 9.53 Å². The molecular formula is C9H10BrNO2S. The maximum Gasteiger partial charge on any atom is 0.135 e. The SMILES string of the molecule is COCC(C=O)Sc1cncc(Br)c1. The molecule has 1 aromatic heterocycles. The summed E-state index contributed by atoms with van der Waals surface area (Å²) in [6.45, 7) is 0.417. The van der Waals surface area contributed by atoms with Crippen molar-refractivity contribution in [3.8, 4) is 0 Å². The minimum atomic E-state index is -0.170. The molecule has 0 radical (unpaired) electrons. The van der Waals surface area contributed by atoms with Gasteiger partial charge in [-0.25, -0.2) is 0 Å². The van der Waals surface area contributed by atoms with Gasteiger partial charge in [0, 0.05) is 28.9 Å². The maximum atomic E-state index is 10.7. The summed E-state index contributed by atoms with van der Waals surface area (Å²) < 4.78 is 5.82. The average Bonchev–Trinajstić information content (AvgIpc) is 2.17. The maximum absolute atomic E-state index is 10.7. The molecule has 1 unspecified atom stereocenters. The van der Waals surface area contributed by atoms with E-state index < -0.39 is 0 Å². The number of halogens is 1. The molecule has 0 bridgehead atoms. The summed E-state index contributed by atoms with van der Waals surface area (Å²) in [5, 5.41) is -0.170. The number of ether oxygens (including phenoxy) is 1. The molecule has 0 aromatic carbocycles. The number of rotatable bonds is 5. The van der Waals surface area contributed by atoms with Gasteiger partial charge < -0.3 is 9.53 Å². The Labute approximate surface area is 95.4 Å². The van der Waals surface area contributed by atoms with Crippen LogP contribution in [0.4, 0.5) is 0 Å². The fourth-order valence-corrected chi connectivity index (χ4v) is 2.34. The number of aldehydes is 1. The van der Waals surface area contributed by atoms with Gasteiger partial charge in [-0.05, 0) is 22.0 Å². The van der Waals surface area contributed by atoms with Crippen molar-refractivity contribution in [1.82, 2.24) is 4.98 Å². The van der Waals surface area contributed by atoms with E-state index >= 15 is 0 Å². The van der Waals surface area contributed by atoms with Crippen molar-refractivity contribution < 1.29 is 9.53 Å². The number of hydrogen-bond acceptors (Lipinski definition) is 4. The van der Waals surface area contributed by atoms with Crippen LogP contribution in [0.1, 0.15) is 0 Å². The zero-order valence-corrected chi connectivity index (χ0v) is 10.0. The van der Waals surface area contributed by atoms with Crippen LogP contribution in [-0.4, -0.2) is 30.2 Å². The molecule has 0 aliphatic heterocycles. The number of nitrogens with zero attached hydrogens (tertiary/aromatic N) is 1. The first kappa shape index (κ1) is 11.7. The standard InChI is InChI=1S/C9H10BrNO2S/c1-13-6-9(5-12)14-8-2-7(10)3-11-4-8/h2-5,9H,6H2,1H3. The fraction of sp³-hybridized carbons (Fsp3) is 0.333. The Bertz CT molecular complexity index is 309. The van der Waals surface area contributed by atoms with E-state index in [1.54, 1.807) is 19.5 Å². The van der Waals surface area contributed by atoms with Gasteiger partial charge in [0.25, 0.3) is 0 Å². The third-order valence-electron chi connectivity index (χ3n) is 1.45. The number of carbonyl (C=O) groups is 1. The molecule has 0 amide bonds. The predicted molar refractivity (Wildman–Crippen MR) is 59.5 cm³/mol. The number of hydrogen-bond donors (Lipinski definition) is 0. The van der Waals surface area contributed by atoms with Gasteiger partial charge >= 0.3 is 0 Å². The molecule has 76 valence electrons. The Hall–Kier alpha value is -0.390. The van der Waals surface area contributed by atoms with Crippen LogP contribution in [0.2, 0.25) is 0 Å². The van der Waals surface area contributed by atoms with Crippen molar-refractivity contribution in [2.24, 2.45) is 0 Å². The Morgan fingerprint density at radius 1 is 1.71 bits per heavy atom. The minimum absolute atomic E-state index is 0.170. The van der Waals surface area contributed by atoms with Gasteiger partial charge in [0.2, 0.25) is 0 Å². The molecule has 0 aliphatic rings. The van der Waals surface area contributed by atoms with Crippen LogP contribution in [0.3, 0.4) is 0 Å². The highest BCUT2D eigenvalue weighted by molar-refractivity contribution is 9.10. The molecule has 0 saturated carbocycles. The number of carbonyl (C=O) groups excluding carboxylic acids is 1. The van der Waals surface area contributed by atoms with Gasteiger partial charge in [-0.2, -0.15) is 0 Å². The van der Waals surface area contributed by atoms with Crippen molar-refractivity contribution in [3.63, 3.8) is 0 Å². The summed E-state index contributed by atoms with van der Waals surface area (Å²) >= 11 is 4.76. The summed E-state index contributed by atoms with van der Waals surface area (Å²) in [5.41, 5.74) is 0. The van der Waals surface area contributed by atoms with Crippen LogP contribution in [0.25, 0.3) is 0 Å². The first-order chi connectivity index (χ1) is 6.76. The van der Waals surface area contributed by atoms with Crippen molar-refractivity contribution in [3.05, 3.63) is 22.9 Å². The molecule has 5 heteroatoms. The Balaban J connectivity index is 2.62. The minimum Gasteiger partial charge on any atom is -0.383 e. The van der Waals surface area contributed by atoms with Gasteiger partial charge in [-0.3, -0.25) is 4.98 Å². The number of aromatic nitrogens is 1. The summed E-state index contributed by atoms with van der Waals surface area (Å²) in [4.78, 5) is 15.6. The van der Waals surface area contributed by atoms with Crippen LogP contribution >= 0.6 is 27.7 Å². The third-order valence-corrected chi connectivity index (χ3v) is 2.93. The van der Waals surface area contributed by atoms with Crippen LogP contribution in [0.15, 0.2) is 27.8 Å². The molecule has 3 nitrogen and oxygen atoms in total. The normalized spacial score (nSPS) is 12.4. The zero-order valence-electron chi connectivity index (χ0n) is 7.64. The summed E-state index contributed by atoms with van der Waals surface area (Å²) in [6, 6.07) is 1.92.